The average molecular weight is 346 g/mol. The van der Waals surface area contributed by atoms with E-state index < -0.39 is 23.5 Å². The van der Waals surface area contributed by atoms with Crippen molar-refractivity contribution in [2.24, 2.45) is 5.92 Å². The van der Waals surface area contributed by atoms with Crippen LogP contribution < -0.4 is 5.32 Å². The summed E-state index contributed by atoms with van der Waals surface area (Å²) in [6, 6.07) is 5.50. The maximum absolute atomic E-state index is 14.4. The van der Waals surface area contributed by atoms with E-state index in [1.807, 2.05) is 19.9 Å². The fraction of sp³-hybridized carbons (Fsp3) is 0.368. The molecule has 1 N–H and O–H groups in total. The molecule has 6 heteroatoms. The van der Waals surface area contributed by atoms with Gasteiger partial charge in [-0.3, -0.25) is 0 Å². The van der Waals surface area contributed by atoms with E-state index in [1.54, 1.807) is 6.92 Å². The first-order valence-corrected chi connectivity index (χ1v) is 7.94. The number of esters is 1. The molecule has 0 bridgehead atoms. The van der Waals surface area contributed by atoms with Crippen LogP contribution in [0.4, 0.5) is 8.78 Å². The highest BCUT2D eigenvalue weighted by Gasteiger charge is 2.38. The summed E-state index contributed by atoms with van der Waals surface area (Å²) in [5.41, 5.74) is 0.838. The van der Waals surface area contributed by atoms with Gasteiger partial charge >= 0.3 is 5.97 Å². The number of ether oxygens (including phenoxy) is 1. The van der Waals surface area contributed by atoms with Crippen molar-refractivity contribution >= 4 is 5.97 Å². The number of rotatable bonds is 4. The van der Waals surface area contributed by atoms with Crippen LogP contribution in [0.1, 0.15) is 38.7 Å². The monoisotopic (exact) mass is 346 g/mol. The summed E-state index contributed by atoms with van der Waals surface area (Å²) >= 11 is 0. The summed E-state index contributed by atoms with van der Waals surface area (Å²) in [6.07, 6.45) is 0.515. The molecule has 25 heavy (non-hydrogen) atoms. The van der Waals surface area contributed by atoms with Crippen molar-refractivity contribution in [2.75, 3.05) is 7.11 Å². The second-order valence-electron chi connectivity index (χ2n) is 6.33. The number of nitriles is 1. The first-order valence-electron chi connectivity index (χ1n) is 7.94. The molecule has 0 saturated heterocycles. The van der Waals surface area contributed by atoms with E-state index in [9.17, 15) is 18.8 Å². The lowest BCUT2D eigenvalue weighted by Crippen LogP contribution is -2.30. The van der Waals surface area contributed by atoms with Gasteiger partial charge in [-0.1, -0.05) is 19.9 Å². The van der Waals surface area contributed by atoms with Crippen molar-refractivity contribution in [1.82, 2.24) is 5.32 Å². The van der Waals surface area contributed by atoms with Crippen molar-refractivity contribution in [3.05, 3.63) is 57.9 Å². The molecule has 1 aliphatic heterocycles. The predicted molar refractivity (Wildman–Crippen MR) is 89.0 cm³/mol. The molecule has 1 heterocycles. The van der Waals surface area contributed by atoms with Gasteiger partial charge in [-0.25, -0.2) is 13.6 Å². The van der Waals surface area contributed by atoms with E-state index in [1.165, 1.54) is 13.2 Å². The molecule has 1 atom stereocenters. The molecule has 0 aromatic heterocycles. The molecule has 0 amide bonds. The minimum absolute atomic E-state index is 0.0376. The number of benzene rings is 1. The minimum atomic E-state index is -1.14. The second kappa shape index (κ2) is 7.47. The molecule has 0 fully saturated rings. The van der Waals surface area contributed by atoms with E-state index in [2.05, 4.69) is 5.32 Å². The summed E-state index contributed by atoms with van der Waals surface area (Å²) in [5.74, 6) is -3.28. The number of hydrogen-bond donors (Lipinski definition) is 1. The third-order valence-corrected chi connectivity index (χ3v) is 4.07. The molecule has 0 aliphatic carbocycles. The van der Waals surface area contributed by atoms with Crippen LogP contribution in [0.5, 0.6) is 0 Å². The number of hydrogen-bond acceptors (Lipinski definition) is 4. The van der Waals surface area contributed by atoms with Gasteiger partial charge in [-0.15, -0.1) is 0 Å². The third kappa shape index (κ3) is 3.55. The van der Waals surface area contributed by atoms with Crippen LogP contribution in [0, 0.1) is 28.9 Å². The number of carbonyl (C=O) groups is 1. The smallest absolute Gasteiger partial charge is 0.336 e. The van der Waals surface area contributed by atoms with Gasteiger partial charge in [-0.2, -0.15) is 5.26 Å². The summed E-state index contributed by atoms with van der Waals surface area (Å²) in [7, 11) is 1.19. The SMILES string of the molecule is COC(=O)C1=C(C)NC(CC(C)C)=C(C#N)C1c1c(F)cccc1F. The first-order chi connectivity index (χ1) is 11.8. The largest absolute Gasteiger partial charge is 0.466 e. The summed E-state index contributed by atoms with van der Waals surface area (Å²) in [6.45, 7) is 5.57. The highest BCUT2D eigenvalue weighted by atomic mass is 19.1. The van der Waals surface area contributed by atoms with Crippen LogP contribution in [0.3, 0.4) is 0 Å². The second-order valence-corrected chi connectivity index (χ2v) is 6.33. The Hall–Kier alpha value is -2.68. The molecule has 2 rings (SSSR count). The Kier molecular flexibility index (Phi) is 5.58. The molecule has 0 spiro atoms. The van der Waals surface area contributed by atoms with Crippen LogP contribution in [0.25, 0.3) is 0 Å². The predicted octanol–water partition coefficient (Wildman–Crippen LogP) is 3.92. The van der Waals surface area contributed by atoms with Gasteiger partial charge in [0.15, 0.2) is 0 Å². The molecule has 1 aliphatic rings. The van der Waals surface area contributed by atoms with Gasteiger partial charge in [0, 0.05) is 17.0 Å². The first kappa shape index (κ1) is 18.7. The lowest BCUT2D eigenvalue weighted by molar-refractivity contribution is -0.136. The lowest BCUT2D eigenvalue weighted by atomic mass is 9.79. The zero-order chi connectivity index (χ0) is 18.7. The third-order valence-electron chi connectivity index (χ3n) is 4.07. The Labute approximate surface area is 145 Å². The van der Waals surface area contributed by atoms with Crippen LogP contribution in [0.15, 0.2) is 40.7 Å². The van der Waals surface area contributed by atoms with Crippen molar-refractivity contribution in [1.29, 1.82) is 5.26 Å². The number of nitrogens with zero attached hydrogens (tertiary/aromatic N) is 1. The van der Waals surface area contributed by atoms with Crippen LogP contribution in [0.2, 0.25) is 0 Å². The normalized spacial score (nSPS) is 17.4. The summed E-state index contributed by atoms with van der Waals surface area (Å²) < 4.78 is 33.7. The van der Waals surface area contributed by atoms with Gasteiger partial charge < -0.3 is 10.1 Å². The van der Waals surface area contributed by atoms with E-state index in [4.69, 9.17) is 4.74 Å². The lowest BCUT2D eigenvalue weighted by Gasteiger charge is -2.30. The van der Waals surface area contributed by atoms with Crippen LogP contribution >= 0.6 is 0 Å². The quantitative estimate of drug-likeness (QED) is 0.840. The highest BCUT2D eigenvalue weighted by molar-refractivity contribution is 5.93. The van der Waals surface area contributed by atoms with Gasteiger partial charge in [0.25, 0.3) is 0 Å². The van der Waals surface area contributed by atoms with Gasteiger partial charge in [0.2, 0.25) is 0 Å². The van der Waals surface area contributed by atoms with E-state index in [0.717, 1.165) is 12.1 Å². The number of methoxy groups -OCH3 is 1. The van der Waals surface area contributed by atoms with Crippen molar-refractivity contribution in [3.8, 4) is 6.07 Å². The van der Waals surface area contributed by atoms with Crippen LogP contribution in [-0.4, -0.2) is 13.1 Å². The van der Waals surface area contributed by atoms with E-state index >= 15 is 0 Å². The maximum atomic E-state index is 14.4. The molecule has 1 aromatic rings. The van der Waals surface area contributed by atoms with Crippen molar-refractivity contribution in [3.63, 3.8) is 0 Å². The fourth-order valence-electron chi connectivity index (χ4n) is 3.05. The standard InChI is InChI=1S/C19H20F2N2O2/c1-10(2)8-15-12(9-22)17(16(11(3)23-15)19(24)25-4)18-13(20)6-5-7-14(18)21/h5-7,10,17,23H,8H2,1-4H3. The zero-order valence-corrected chi connectivity index (χ0v) is 14.6. The Balaban J connectivity index is 2.77. The topological polar surface area (TPSA) is 62.1 Å². The number of nitrogens with one attached hydrogen (secondary N) is 1. The van der Waals surface area contributed by atoms with E-state index in [-0.39, 0.29) is 22.6 Å². The molecule has 1 aromatic carbocycles. The number of carbonyl (C=O) groups excluding carboxylic acids is 1. The Morgan fingerprint density at radius 1 is 1.36 bits per heavy atom. The molecule has 132 valence electrons. The van der Waals surface area contributed by atoms with Gasteiger partial charge in [0.1, 0.15) is 11.6 Å². The summed E-state index contributed by atoms with van der Waals surface area (Å²) in [4.78, 5) is 12.3. The van der Waals surface area contributed by atoms with Crippen molar-refractivity contribution < 1.29 is 18.3 Å². The maximum Gasteiger partial charge on any atom is 0.336 e. The van der Waals surface area contributed by atoms with Gasteiger partial charge in [-0.05, 0) is 31.4 Å². The number of dihydropyridines is 1. The molecule has 4 nitrogen and oxygen atoms in total. The minimum Gasteiger partial charge on any atom is -0.466 e. The number of allylic oxidation sites excluding steroid dienone is 3. The Morgan fingerprint density at radius 3 is 2.44 bits per heavy atom. The zero-order valence-electron chi connectivity index (χ0n) is 14.6. The highest BCUT2D eigenvalue weighted by Crippen LogP contribution is 2.41. The average Bonchev–Trinajstić information content (AvgIpc) is 2.53. The molecule has 0 saturated carbocycles. The molecule has 1 unspecified atom stereocenters. The molecular formula is C19H20F2N2O2. The molecule has 0 radical (unpaired) electrons. The van der Waals surface area contributed by atoms with Crippen molar-refractivity contribution in [2.45, 2.75) is 33.1 Å². The van der Waals surface area contributed by atoms with E-state index in [0.29, 0.717) is 17.8 Å². The fourth-order valence-corrected chi connectivity index (χ4v) is 3.05. The molecular weight excluding hydrogens is 326 g/mol. The Bertz CT molecular complexity index is 784. The van der Waals surface area contributed by atoms with Crippen LogP contribution in [-0.2, 0) is 9.53 Å². The summed E-state index contributed by atoms with van der Waals surface area (Å²) in [5, 5.41) is 12.7. The number of halogens is 2. The van der Waals surface area contributed by atoms with Gasteiger partial charge in [0.05, 0.1) is 30.2 Å². The Morgan fingerprint density at radius 2 is 1.96 bits per heavy atom.